The maximum Gasteiger partial charge on any atom is 0.241 e. The molecule has 3 aromatic rings. The number of piperidine rings is 1. The fourth-order valence-electron chi connectivity index (χ4n) is 4.47. The molecule has 186 valence electrons. The molecule has 0 spiro atoms. The highest BCUT2D eigenvalue weighted by atomic mass is 16.5. The molecule has 0 unspecified atom stereocenters. The lowest BCUT2D eigenvalue weighted by molar-refractivity contribution is -0.126. The van der Waals surface area contributed by atoms with E-state index in [1.165, 1.54) is 11.1 Å². The average molecular weight is 479 g/mol. The number of carbonyl (C=O) groups is 1. The quantitative estimate of drug-likeness (QED) is 0.440. The number of ether oxygens (including phenoxy) is 2. The molecule has 0 aliphatic carbocycles. The van der Waals surface area contributed by atoms with Crippen LogP contribution in [0.4, 0.5) is 0 Å². The first-order chi connectivity index (χ1) is 17.1. The third-order valence-corrected chi connectivity index (χ3v) is 6.45. The number of methoxy groups -OCH3 is 2. The number of benzene rings is 2. The zero-order chi connectivity index (χ0) is 24.6. The lowest BCUT2D eigenvalue weighted by Gasteiger charge is -2.30. The second-order valence-corrected chi connectivity index (χ2v) is 9.02. The molecule has 1 N–H and O–H groups in total. The van der Waals surface area contributed by atoms with Crippen molar-refractivity contribution in [2.75, 3.05) is 33.9 Å². The first-order valence-electron chi connectivity index (χ1n) is 12.2. The largest absolute Gasteiger partial charge is 0.493 e. The summed E-state index contributed by atoms with van der Waals surface area (Å²) >= 11 is 0. The second-order valence-electron chi connectivity index (χ2n) is 9.02. The number of likely N-dealkylation sites (tertiary alicyclic amines) is 1. The summed E-state index contributed by atoms with van der Waals surface area (Å²) in [4.78, 5) is 19.4. The smallest absolute Gasteiger partial charge is 0.241 e. The zero-order valence-electron chi connectivity index (χ0n) is 20.8. The van der Waals surface area contributed by atoms with Gasteiger partial charge in [0.2, 0.25) is 17.6 Å². The number of rotatable bonds is 10. The van der Waals surface area contributed by atoms with E-state index in [1.807, 2.05) is 18.2 Å². The fraction of sp³-hybridized carbons (Fsp3) is 0.444. The Kier molecular flexibility index (Phi) is 8.36. The van der Waals surface area contributed by atoms with E-state index in [2.05, 4.69) is 51.5 Å². The lowest BCUT2D eigenvalue weighted by atomic mass is 9.96. The van der Waals surface area contributed by atoms with Gasteiger partial charge < -0.3 is 19.3 Å². The molecule has 1 aromatic heterocycles. The van der Waals surface area contributed by atoms with Crippen LogP contribution in [0.3, 0.4) is 0 Å². The summed E-state index contributed by atoms with van der Waals surface area (Å²) in [6.07, 6.45) is 3.60. The Labute approximate surface area is 206 Å². The molecule has 0 atom stereocenters. The van der Waals surface area contributed by atoms with Gasteiger partial charge in [-0.2, -0.15) is 4.98 Å². The van der Waals surface area contributed by atoms with Crippen molar-refractivity contribution >= 4 is 5.91 Å². The van der Waals surface area contributed by atoms with Crippen LogP contribution in [0, 0.1) is 12.8 Å². The monoisotopic (exact) mass is 478 g/mol. The highest BCUT2D eigenvalue weighted by Crippen LogP contribution is 2.31. The normalized spacial score (nSPS) is 14.6. The van der Waals surface area contributed by atoms with E-state index in [0.717, 1.165) is 44.3 Å². The predicted octanol–water partition coefficient (Wildman–Crippen LogP) is 4.02. The van der Waals surface area contributed by atoms with Gasteiger partial charge in [0.05, 0.1) is 20.8 Å². The van der Waals surface area contributed by atoms with Crippen molar-refractivity contribution in [3.8, 4) is 22.9 Å². The van der Waals surface area contributed by atoms with Gasteiger partial charge in [-0.15, -0.1) is 0 Å². The topological polar surface area (TPSA) is 89.7 Å². The van der Waals surface area contributed by atoms with Crippen LogP contribution < -0.4 is 14.8 Å². The van der Waals surface area contributed by atoms with Gasteiger partial charge in [-0.3, -0.25) is 9.69 Å². The van der Waals surface area contributed by atoms with Gasteiger partial charge in [-0.05, 0) is 69.5 Å². The minimum Gasteiger partial charge on any atom is -0.493 e. The molecule has 1 aliphatic heterocycles. The summed E-state index contributed by atoms with van der Waals surface area (Å²) in [5, 5.41) is 7.24. The first-order valence-corrected chi connectivity index (χ1v) is 12.2. The maximum atomic E-state index is 12.6. The van der Waals surface area contributed by atoms with Crippen molar-refractivity contribution in [2.24, 2.45) is 5.92 Å². The number of nitrogens with zero attached hydrogens (tertiary/aromatic N) is 3. The second kappa shape index (κ2) is 11.8. The van der Waals surface area contributed by atoms with E-state index in [0.29, 0.717) is 36.3 Å². The molecule has 2 aromatic carbocycles. The van der Waals surface area contributed by atoms with Crippen molar-refractivity contribution in [3.63, 3.8) is 0 Å². The fourth-order valence-corrected chi connectivity index (χ4v) is 4.47. The van der Waals surface area contributed by atoms with Crippen LogP contribution in [-0.2, 0) is 17.8 Å². The number of hydrogen-bond acceptors (Lipinski definition) is 7. The van der Waals surface area contributed by atoms with Crippen LogP contribution in [0.2, 0.25) is 0 Å². The standard InChI is InChI=1S/C27H34N4O4/c1-19-6-4-7-20(16-19)8-5-13-28-27(32)21-11-14-31(15-12-21)18-25-29-26(30-35-25)22-9-10-23(33-2)24(17-22)34-3/h4,6-7,9-10,16-17,21H,5,8,11-15,18H2,1-3H3,(H,28,32). The van der Waals surface area contributed by atoms with Crippen molar-refractivity contribution in [1.82, 2.24) is 20.4 Å². The summed E-state index contributed by atoms with van der Waals surface area (Å²) in [5.41, 5.74) is 3.40. The van der Waals surface area contributed by atoms with Gasteiger partial charge in [0, 0.05) is 18.0 Å². The van der Waals surface area contributed by atoms with E-state index in [1.54, 1.807) is 14.2 Å². The summed E-state index contributed by atoms with van der Waals surface area (Å²) < 4.78 is 16.1. The Morgan fingerprint density at radius 1 is 1.11 bits per heavy atom. The van der Waals surface area contributed by atoms with Crippen LogP contribution in [0.25, 0.3) is 11.4 Å². The molecule has 0 radical (unpaired) electrons. The van der Waals surface area contributed by atoms with Gasteiger partial charge in [-0.1, -0.05) is 35.0 Å². The minimum absolute atomic E-state index is 0.0650. The predicted molar refractivity (Wildman–Crippen MR) is 133 cm³/mol. The summed E-state index contributed by atoms with van der Waals surface area (Å²) in [5.74, 6) is 2.58. The maximum absolute atomic E-state index is 12.6. The molecular formula is C27H34N4O4. The van der Waals surface area contributed by atoms with Crippen molar-refractivity contribution in [3.05, 3.63) is 59.5 Å². The average Bonchev–Trinajstić information content (AvgIpc) is 3.35. The summed E-state index contributed by atoms with van der Waals surface area (Å²) in [7, 11) is 3.20. The van der Waals surface area contributed by atoms with Gasteiger partial charge in [-0.25, -0.2) is 0 Å². The van der Waals surface area contributed by atoms with E-state index in [4.69, 9.17) is 14.0 Å². The molecule has 0 bridgehead atoms. The van der Waals surface area contributed by atoms with Gasteiger partial charge in [0.15, 0.2) is 11.5 Å². The van der Waals surface area contributed by atoms with Crippen molar-refractivity contribution in [1.29, 1.82) is 0 Å². The van der Waals surface area contributed by atoms with Crippen LogP contribution in [0.1, 0.15) is 36.3 Å². The summed E-state index contributed by atoms with van der Waals surface area (Å²) in [6, 6.07) is 14.1. The SMILES string of the molecule is COc1ccc(-c2noc(CN3CCC(C(=O)NCCCc4cccc(C)c4)CC3)n2)cc1OC. The van der Waals surface area contributed by atoms with E-state index in [-0.39, 0.29) is 11.8 Å². The van der Waals surface area contributed by atoms with Gasteiger partial charge in [0.1, 0.15) is 0 Å². The zero-order valence-corrected chi connectivity index (χ0v) is 20.8. The molecular weight excluding hydrogens is 444 g/mol. The lowest BCUT2D eigenvalue weighted by Crippen LogP contribution is -2.40. The number of nitrogens with one attached hydrogen (secondary N) is 1. The Hall–Kier alpha value is -3.39. The van der Waals surface area contributed by atoms with Crippen LogP contribution >= 0.6 is 0 Å². The number of hydrogen-bond donors (Lipinski definition) is 1. The molecule has 8 heteroatoms. The molecule has 4 rings (SSSR count). The highest BCUT2D eigenvalue weighted by molar-refractivity contribution is 5.78. The number of aryl methyl sites for hydroxylation is 2. The molecule has 35 heavy (non-hydrogen) atoms. The molecule has 1 aliphatic rings. The first kappa shape index (κ1) is 24.7. The Morgan fingerprint density at radius 3 is 2.66 bits per heavy atom. The highest BCUT2D eigenvalue weighted by Gasteiger charge is 2.26. The van der Waals surface area contributed by atoms with Crippen molar-refractivity contribution in [2.45, 2.75) is 39.2 Å². The summed E-state index contributed by atoms with van der Waals surface area (Å²) in [6.45, 7) is 5.05. The number of carbonyl (C=O) groups excluding carboxylic acids is 1. The molecule has 1 saturated heterocycles. The Morgan fingerprint density at radius 2 is 1.91 bits per heavy atom. The Bertz CT molecular complexity index is 1120. The van der Waals surface area contributed by atoms with Crippen LogP contribution in [-0.4, -0.2) is 54.8 Å². The molecule has 8 nitrogen and oxygen atoms in total. The molecule has 2 heterocycles. The van der Waals surface area contributed by atoms with Crippen LogP contribution in [0.5, 0.6) is 11.5 Å². The Balaban J connectivity index is 1.20. The van der Waals surface area contributed by atoms with Crippen LogP contribution in [0.15, 0.2) is 47.0 Å². The minimum atomic E-state index is 0.0650. The van der Waals surface area contributed by atoms with E-state index < -0.39 is 0 Å². The molecule has 1 fully saturated rings. The van der Waals surface area contributed by atoms with Gasteiger partial charge >= 0.3 is 0 Å². The van der Waals surface area contributed by atoms with E-state index >= 15 is 0 Å². The third kappa shape index (κ3) is 6.60. The third-order valence-electron chi connectivity index (χ3n) is 6.45. The van der Waals surface area contributed by atoms with Crippen molar-refractivity contribution < 1.29 is 18.8 Å². The van der Waals surface area contributed by atoms with E-state index in [9.17, 15) is 4.79 Å². The van der Waals surface area contributed by atoms with Gasteiger partial charge in [0.25, 0.3) is 0 Å². The number of aromatic nitrogens is 2. The molecule has 1 amide bonds. The molecule has 0 saturated carbocycles. The number of amides is 1.